The van der Waals surface area contributed by atoms with Gasteiger partial charge in [-0.05, 0) is 49.3 Å². The van der Waals surface area contributed by atoms with Crippen LogP contribution in [0.15, 0.2) is 35.7 Å². The number of hydrogen-bond donors (Lipinski definition) is 0. The first-order valence-electron chi connectivity index (χ1n) is 10.3. The molecular formula is C23H30N2O3S. The number of carbonyl (C=O) groups excluding carboxylic acids is 2. The average Bonchev–Trinajstić information content (AvgIpc) is 3.19. The Morgan fingerprint density at radius 3 is 2.69 bits per heavy atom. The lowest BCUT2D eigenvalue weighted by atomic mass is 9.92. The van der Waals surface area contributed by atoms with E-state index < -0.39 is 0 Å². The van der Waals surface area contributed by atoms with Crippen molar-refractivity contribution in [3.63, 3.8) is 0 Å². The van der Waals surface area contributed by atoms with Gasteiger partial charge in [0.2, 0.25) is 11.8 Å². The SMILES string of the molecule is CCOCCCN(CC(=O)N1CCc2sccc2C1c1ccc(C)cc1)C(C)=O. The quantitative estimate of drug-likeness (QED) is 0.617. The van der Waals surface area contributed by atoms with Crippen LogP contribution < -0.4 is 0 Å². The zero-order chi connectivity index (χ0) is 20.8. The molecule has 6 heteroatoms. The smallest absolute Gasteiger partial charge is 0.242 e. The van der Waals surface area contributed by atoms with Crippen LogP contribution in [0.4, 0.5) is 0 Å². The van der Waals surface area contributed by atoms with Gasteiger partial charge in [-0.3, -0.25) is 9.59 Å². The summed E-state index contributed by atoms with van der Waals surface area (Å²) in [6.45, 7) is 8.13. The van der Waals surface area contributed by atoms with E-state index >= 15 is 0 Å². The number of rotatable bonds is 8. The maximum Gasteiger partial charge on any atom is 0.242 e. The molecule has 1 aromatic carbocycles. The number of amides is 2. The normalized spacial score (nSPS) is 15.8. The van der Waals surface area contributed by atoms with Crippen molar-refractivity contribution in [2.75, 3.05) is 32.8 Å². The minimum atomic E-state index is -0.0877. The molecule has 0 aliphatic carbocycles. The highest BCUT2D eigenvalue weighted by atomic mass is 32.1. The number of thiophene rings is 1. The lowest BCUT2D eigenvalue weighted by molar-refractivity contribution is -0.140. The Morgan fingerprint density at radius 1 is 1.24 bits per heavy atom. The lowest BCUT2D eigenvalue weighted by Gasteiger charge is -2.37. The maximum atomic E-state index is 13.3. The van der Waals surface area contributed by atoms with Gasteiger partial charge in [0.15, 0.2) is 0 Å². The molecule has 0 N–H and O–H groups in total. The van der Waals surface area contributed by atoms with E-state index in [2.05, 4.69) is 42.6 Å². The molecule has 2 aromatic rings. The standard InChI is InChI=1S/C23H30N2O3S/c1-4-28-14-5-12-24(18(3)26)16-22(27)25-13-10-21-20(11-15-29-21)23(25)19-8-6-17(2)7-9-19/h6-9,11,15,23H,4-5,10,12-14,16H2,1-3H3. The van der Waals surface area contributed by atoms with E-state index in [1.54, 1.807) is 16.2 Å². The number of ether oxygens (including phenoxy) is 1. The van der Waals surface area contributed by atoms with Crippen molar-refractivity contribution >= 4 is 23.2 Å². The molecule has 1 aromatic heterocycles. The van der Waals surface area contributed by atoms with E-state index in [-0.39, 0.29) is 24.4 Å². The number of aryl methyl sites for hydroxylation is 1. The van der Waals surface area contributed by atoms with E-state index in [0.29, 0.717) is 26.3 Å². The maximum absolute atomic E-state index is 13.3. The van der Waals surface area contributed by atoms with Crippen LogP contribution in [0, 0.1) is 6.92 Å². The third kappa shape index (κ3) is 5.25. The third-order valence-electron chi connectivity index (χ3n) is 5.37. The molecule has 0 spiro atoms. The molecule has 1 aliphatic heterocycles. The van der Waals surface area contributed by atoms with Crippen molar-refractivity contribution in [1.82, 2.24) is 9.80 Å². The Bertz CT molecular complexity index is 831. The molecule has 29 heavy (non-hydrogen) atoms. The van der Waals surface area contributed by atoms with Crippen molar-refractivity contribution in [1.29, 1.82) is 0 Å². The Hall–Kier alpha value is -2.18. The van der Waals surface area contributed by atoms with Gasteiger partial charge in [-0.25, -0.2) is 0 Å². The third-order valence-corrected chi connectivity index (χ3v) is 6.37. The van der Waals surface area contributed by atoms with Gasteiger partial charge in [-0.2, -0.15) is 0 Å². The lowest BCUT2D eigenvalue weighted by Crippen LogP contribution is -2.46. The molecular weight excluding hydrogens is 384 g/mol. The minimum Gasteiger partial charge on any atom is -0.382 e. The number of fused-ring (bicyclic) bond motifs is 1. The van der Waals surface area contributed by atoms with Gasteiger partial charge < -0.3 is 14.5 Å². The number of hydrogen-bond acceptors (Lipinski definition) is 4. The highest BCUT2D eigenvalue weighted by Crippen LogP contribution is 2.37. The van der Waals surface area contributed by atoms with Crippen molar-refractivity contribution < 1.29 is 14.3 Å². The summed E-state index contributed by atoms with van der Waals surface area (Å²) in [4.78, 5) is 30.3. The second-order valence-corrected chi connectivity index (χ2v) is 8.44. The van der Waals surface area contributed by atoms with Gasteiger partial charge in [0.1, 0.15) is 0 Å². The number of carbonyl (C=O) groups is 2. The van der Waals surface area contributed by atoms with E-state index in [9.17, 15) is 9.59 Å². The first-order chi connectivity index (χ1) is 14.0. The predicted molar refractivity (Wildman–Crippen MR) is 116 cm³/mol. The average molecular weight is 415 g/mol. The summed E-state index contributed by atoms with van der Waals surface area (Å²) in [5, 5.41) is 2.11. The summed E-state index contributed by atoms with van der Waals surface area (Å²) in [5.41, 5.74) is 3.53. The summed E-state index contributed by atoms with van der Waals surface area (Å²) >= 11 is 1.76. The molecule has 0 saturated heterocycles. The highest BCUT2D eigenvalue weighted by molar-refractivity contribution is 7.10. The molecule has 0 fully saturated rings. The van der Waals surface area contributed by atoms with Crippen molar-refractivity contribution in [3.8, 4) is 0 Å². The number of nitrogens with zero attached hydrogens (tertiary/aromatic N) is 2. The molecule has 3 rings (SSSR count). The topological polar surface area (TPSA) is 49.9 Å². The first kappa shape index (κ1) is 21.5. The molecule has 0 saturated carbocycles. The Balaban J connectivity index is 1.78. The van der Waals surface area contributed by atoms with Crippen LogP contribution in [0.25, 0.3) is 0 Å². The summed E-state index contributed by atoms with van der Waals surface area (Å²) in [7, 11) is 0. The molecule has 2 heterocycles. The zero-order valence-corrected chi connectivity index (χ0v) is 18.3. The molecule has 2 amide bonds. The van der Waals surface area contributed by atoms with Crippen molar-refractivity contribution in [2.24, 2.45) is 0 Å². The van der Waals surface area contributed by atoms with Gasteiger partial charge in [0, 0.05) is 38.1 Å². The van der Waals surface area contributed by atoms with Crippen molar-refractivity contribution in [2.45, 2.75) is 39.7 Å². The van der Waals surface area contributed by atoms with Gasteiger partial charge in [0.05, 0.1) is 12.6 Å². The van der Waals surface area contributed by atoms with Gasteiger partial charge in [-0.1, -0.05) is 29.8 Å². The zero-order valence-electron chi connectivity index (χ0n) is 17.5. The van der Waals surface area contributed by atoms with Gasteiger partial charge >= 0.3 is 0 Å². The molecule has 0 radical (unpaired) electrons. The van der Waals surface area contributed by atoms with Crippen LogP contribution >= 0.6 is 11.3 Å². The number of benzene rings is 1. The van der Waals surface area contributed by atoms with E-state index in [1.165, 1.54) is 22.9 Å². The Labute approximate surface area is 177 Å². The molecule has 1 atom stereocenters. The molecule has 1 aliphatic rings. The van der Waals surface area contributed by atoms with Crippen LogP contribution in [0.5, 0.6) is 0 Å². The second-order valence-electron chi connectivity index (χ2n) is 7.44. The van der Waals surface area contributed by atoms with E-state index in [4.69, 9.17) is 4.74 Å². The Morgan fingerprint density at radius 2 is 2.00 bits per heavy atom. The van der Waals surface area contributed by atoms with Crippen LogP contribution in [0.1, 0.15) is 47.9 Å². The first-order valence-corrected chi connectivity index (χ1v) is 11.1. The summed E-state index contributed by atoms with van der Waals surface area (Å²) in [6, 6.07) is 10.4. The summed E-state index contributed by atoms with van der Waals surface area (Å²) in [6.07, 6.45) is 1.60. The van der Waals surface area contributed by atoms with Crippen LogP contribution in [-0.2, 0) is 20.7 Å². The van der Waals surface area contributed by atoms with Gasteiger partial charge in [0.25, 0.3) is 0 Å². The van der Waals surface area contributed by atoms with E-state index in [0.717, 1.165) is 18.4 Å². The van der Waals surface area contributed by atoms with Gasteiger partial charge in [-0.15, -0.1) is 11.3 Å². The Kier molecular flexibility index (Phi) is 7.45. The molecule has 5 nitrogen and oxygen atoms in total. The van der Waals surface area contributed by atoms with Crippen LogP contribution in [-0.4, -0.2) is 54.5 Å². The molecule has 0 bridgehead atoms. The van der Waals surface area contributed by atoms with Crippen LogP contribution in [0.3, 0.4) is 0 Å². The molecule has 1 unspecified atom stereocenters. The van der Waals surface area contributed by atoms with Crippen LogP contribution in [0.2, 0.25) is 0 Å². The fourth-order valence-electron chi connectivity index (χ4n) is 3.80. The second kappa shape index (κ2) is 10.0. The van der Waals surface area contributed by atoms with E-state index in [1.807, 2.05) is 11.8 Å². The largest absolute Gasteiger partial charge is 0.382 e. The fourth-order valence-corrected chi connectivity index (χ4v) is 4.70. The highest BCUT2D eigenvalue weighted by Gasteiger charge is 2.33. The molecule has 156 valence electrons. The monoisotopic (exact) mass is 414 g/mol. The summed E-state index contributed by atoms with van der Waals surface area (Å²) in [5.74, 6) is -0.0750. The minimum absolute atomic E-state index is 0.000894. The fraction of sp³-hybridized carbons (Fsp3) is 0.478. The van der Waals surface area contributed by atoms with Crippen molar-refractivity contribution in [3.05, 3.63) is 57.3 Å². The summed E-state index contributed by atoms with van der Waals surface area (Å²) < 4.78 is 5.37. The predicted octanol–water partition coefficient (Wildman–Crippen LogP) is 3.81.